The first-order valence-electron chi connectivity index (χ1n) is 6.27. The van der Waals surface area contributed by atoms with E-state index in [1.54, 1.807) is 4.57 Å². The summed E-state index contributed by atoms with van der Waals surface area (Å²) >= 11 is 7.51. The lowest BCUT2D eigenvalue weighted by molar-refractivity contribution is 0.750. The summed E-state index contributed by atoms with van der Waals surface area (Å²) < 4.78 is 1.75. The van der Waals surface area contributed by atoms with Crippen LogP contribution < -0.4 is 4.87 Å². The Morgan fingerprint density at radius 1 is 1.30 bits per heavy atom. The van der Waals surface area contributed by atoms with Crippen molar-refractivity contribution in [2.24, 2.45) is 0 Å². The van der Waals surface area contributed by atoms with E-state index in [0.717, 1.165) is 27.0 Å². The Kier molecular flexibility index (Phi) is 3.36. The molecule has 2 aromatic heterocycles. The average molecular weight is 305 g/mol. The fourth-order valence-corrected chi connectivity index (χ4v) is 3.22. The zero-order valence-corrected chi connectivity index (χ0v) is 12.8. The van der Waals surface area contributed by atoms with Crippen molar-refractivity contribution in [1.29, 1.82) is 0 Å². The van der Waals surface area contributed by atoms with Crippen molar-refractivity contribution >= 4 is 33.8 Å². The van der Waals surface area contributed by atoms with Crippen molar-refractivity contribution in [1.82, 2.24) is 9.55 Å². The summed E-state index contributed by atoms with van der Waals surface area (Å²) in [5.41, 5.74) is 2.73. The van der Waals surface area contributed by atoms with Gasteiger partial charge in [0.15, 0.2) is 0 Å². The molecule has 3 nitrogen and oxygen atoms in total. The van der Waals surface area contributed by atoms with Crippen molar-refractivity contribution in [3.05, 3.63) is 61.3 Å². The maximum Gasteiger partial charge on any atom is 0.307 e. The molecule has 0 N–H and O–H groups in total. The molecule has 0 saturated carbocycles. The average Bonchev–Trinajstić information content (AvgIpc) is 2.66. The monoisotopic (exact) mass is 304 g/mol. The molecule has 5 heteroatoms. The van der Waals surface area contributed by atoms with Gasteiger partial charge >= 0.3 is 4.87 Å². The lowest BCUT2D eigenvalue weighted by Gasteiger charge is -2.08. The number of para-hydroxylation sites is 1. The van der Waals surface area contributed by atoms with E-state index in [1.165, 1.54) is 11.3 Å². The van der Waals surface area contributed by atoms with Crippen LogP contribution in [-0.4, -0.2) is 9.55 Å². The van der Waals surface area contributed by atoms with Crippen LogP contribution in [0.3, 0.4) is 0 Å². The van der Waals surface area contributed by atoms with Crippen LogP contribution in [0, 0.1) is 13.8 Å². The second-order valence-electron chi connectivity index (χ2n) is 4.73. The number of pyridine rings is 1. The summed E-state index contributed by atoms with van der Waals surface area (Å²) in [4.78, 5) is 17.4. The number of hydrogen-bond acceptors (Lipinski definition) is 3. The standard InChI is InChI=1S/C15H13ClN2OS/c1-9-10(2)20-15(19)18(9)8-12-7-11-5-3-4-6-13(11)17-14(12)16/h3-7H,8H2,1-2H3. The third-order valence-corrected chi connectivity index (χ3v) is 4.78. The second-order valence-corrected chi connectivity index (χ2v) is 6.25. The maximum atomic E-state index is 12.0. The molecule has 2 heterocycles. The van der Waals surface area contributed by atoms with Gasteiger partial charge in [-0.25, -0.2) is 4.98 Å². The highest BCUT2D eigenvalue weighted by Gasteiger charge is 2.11. The van der Waals surface area contributed by atoms with E-state index in [9.17, 15) is 4.79 Å². The quantitative estimate of drug-likeness (QED) is 0.675. The summed E-state index contributed by atoms with van der Waals surface area (Å²) in [7, 11) is 0. The van der Waals surface area contributed by atoms with Crippen molar-refractivity contribution in [3.8, 4) is 0 Å². The minimum absolute atomic E-state index is 0.0456. The predicted molar refractivity (Wildman–Crippen MR) is 83.9 cm³/mol. The van der Waals surface area contributed by atoms with Crippen molar-refractivity contribution in [2.75, 3.05) is 0 Å². The molecule has 0 radical (unpaired) electrons. The second kappa shape index (κ2) is 5.04. The van der Waals surface area contributed by atoms with Crippen LogP contribution in [0.4, 0.5) is 0 Å². The van der Waals surface area contributed by atoms with Crippen LogP contribution in [0.25, 0.3) is 10.9 Å². The van der Waals surface area contributed by atoms with Gasteiger partial charge in [-0.2, -0.15) is 0 Å². The highest BCUT2D eigenvalue weighted by Crippen LogP contribution is 2.22. The van der Waals surface area contributed by atoms with Crippen molar-refractivity contribution < 1.29 is 0 Å². The molecule has 0 bridgehead atoms. The lowest BCUT2D eigenvalue weighted by Crippen LogP contribution is -2.15. The van der Waals surface area contributed by atoms with E-state index < -0.39 is 0 Å². The van der Waals surface area contributed by atoms with E-state index in [1.807, 2.05) is 44.2 Å². The van der Waals surface area contributed by atoms with Gasteiger partial charge in [0.1, 0.15) is 5.15 Å². The topological polar surface area (TPSA) is 34.9 Å². The molecule has 20 heavy (non-hydrogen) atoms. The zero-order chi connectivity index (χ0) is 14.3. The van der Waals surface area contributed by atoms with Crippen LogP contribution in [-0.2, 0) is 6.54 Å². The number of fused-ring (bicyclic) bond motifs is 1. The number of nitrogens with zero attached hydrogens (tertiary/aromatic N) is 2. The van der Waals surface area contributed by atoms with E-state index >= 15 is 0 Å². The first-order valence-corrected chi connectivity index (χ1v) is 7.46. The fourth-order valence-electron chi connectivity index (χ4n) is 2.19. The van der Waals surface area contributed by atoms with E-state index in [4.69, 9.17) is 11.6 Å². The Morgan fingerprint density at radius 3 is 2.75 bits per heavy atom. The van der Waals surface area contributed by atoms with E-state index in [2.05, 4.69) is 4.98 Å². The van der Waals surface area contributed by atoms with Crippen molar-refractivity contribution in [2.45, 2.75) is 20.4 Å². The van der Waals surface area contributed by atoms with Gasteiger partial charge in [0.05, 0.1) is 12.1 Å². The van der Waals surface area contributed by atoms with Crippen LogP contribution in [0.2, 0.25) is 5.15 Å². The first kappa shape index (κ1) is 13.3. The highest BCUT2D eigenvalue weighted by atomic mass is 35.5. The smallest absolute Gasteiger partial charge is 0.299 e. The molecule has 0 saturated heterocycles. The molecular weight excluding hydrogens is 292 g/mol. The molecule has 3 rings (SSSR count). The number of hydrogen-bond donors (Lipinski definition) is 0. The molecule has 0 aliphatic carbocycles. The SMILES string of the molecule is Cc1sc(=O)n(Cc2cc3ccccc3nc2Cl)c1C. The molecule has 3 aromatic rings. The number of thiazole rings is 1. The Morgan fingerprint density at radius 2 is 2.05 bits per heavy atom. The number of aryl methyl sites for hydroxylation is 1. The normalized spacial score (nSPS) is 11.2. The summed E-state index contributed by atoms with van der Waals surface area (Å²) in [6.45, 7) is 4.37. The zero-order valence-electron chi connectivity index (χ0n) is 11.2. The fraction of sp³-hybridized carbons (Fsp3) is 0.200. The Labute approximate surface area is 125 Å². The maximum absolute atomic E-state index is 12.0. The Bertz CT molecular complexity index is 851. The van der Waals surface area contributed by atoms with Gasteiger partial charge in [0.2, 0.25) is 0 Å². The van der Waals surface area contributed by atoms with E-state index in [-0.39, 0.29) is 4.87 Å². The summed E-state index contributed by atoms with van der Waals surface area (Å²) in [6.07, 6.45) is 0. The Balaban J connectivity index is 2.10. The first-order chi connectivity index (χ1) is 9.56. The molecule has 0 spiro atoms. The largest absolute Gasteiger partial charge is 0.307 e. The lowest BCUT2D eigenvalue weighted by atomic mass is 10.1. The van der Waals surface area contributed by atoms with Gasteiger partial charge < -0.3 is 0 Å². The van der Waals surface area contributed by atoms with E-state index in [0.29, 0.717) is 11.7 Å². The predicted octanol–water partition coefficient (Wildman–Crippen LogP) is 3.78. The number of rotatable bonds is 2. The van der Waals surface area contributed by atoms with Crippen LogP contribution in [0.1, 0.15) is 16.1 Å². The molecule has 0 amide bonds. The number of aromatic nitrogens is 2. The third kappa shape index (κ3) is 2.25. The van der Waals surface area contributed by atoms with Gasteiger partial charge in [-0.15, -0.1) is 0 Å². The number of halogens is 1. The molecule has 0 fully saturated rings. The summed E-state index contributed by atoms with van der Waals surface area (Å²) in [5.74, 6) is 0. The number of benzene rings is 1. The molecule has 1 aromatic carbocycles. The van der Waals surface area contributed by atoms with Crippen molar-refractivity contribution in [3.63, 3.8) is 0 Å². The van der Waals surface area contributed by atoms with Gasteiger partial charge in [-0.1, -0.05) is 41.1 Å². The van der Waals surface area contributed by atoms with Gasteiger partial charge in [0, 0.05) is 21.5 Å². The van der Waals surface area contributed by atoms with Gasteiger partial charge in [-0.3, -0.25) is 9.36 Å². The minimum atomic E-state index is 0.0456. The molecular formula is C15H13ClN2OS. The molecule has 0 aliphatic heterocycles. The summed E-state index contributed by atoms with van der Waals surface area (Å²) in [6, 6.07) is 9.83. The molecule has 102 valence electrons. The van der Waals surface area contributed by atoms with Crippen LogP contribution >= 0.6 is 22.9 Å². The highest BCUT2D eigenvalue weighted by molar-refractivity contribution is 7.09. The van der Waals surface area contributed by atoms with Crippen LogP contribution in [0.5, 0.6) is 0 Å². The molecule has 0 unspecified atom stereocenters. The van der Waals surface area contributed by atoms with Gasteiger partial charge in [0.25, 0.3) is 0 Å². The minimum Gasteiger partial charge on any atom is -0.299 e. The van der Waals surface area contributed by atoms with Crippen LogP contribution in [0.15, 0.2) is 35.1 Å². The summed E-state index contributed by atoms with van der Waals surface area (Å²) in [5, 5.41) is 1.49. The Hall–Kier alpha value is -1.65. The molecule has 0 atom stereocenters. The third-order valence-electron chi connectivity index (χ3n) is 3.45. The van der Waals surface area contributed by atoms with Gasteiger partial charge in [-0.05, 0) is 26.0 Å². The molecule has 0 aliphatic rings.